The minimum atomic E-state index is -3.86. The van der Waals surface area contributed by atoms with Gasteiger partial charge in [0.25, 0.3) is 0 Å². The zero-order valence-corrected chi connectivity index (χ0v) is 14.8. The summed E-state index contributed by atoms with van der Waals surface area (Å²) >= 11 is 0. The second kappa shape index (κ2) is 7.22. The van der Waals surface area contributed by atoms with Gasteiger partial charge in [0.15, 0.2) is 0 Å². The molecule has 3 aromatic rings. The van der Waals surface area contributed by atoms with E-state index in [9.17, 15) is 12.8 Å². The number of sulfonamides is 1. The van der Waals surface area contributed by atoms with Crippen LogP contribution in [0.1, 0.15) is 18.9 Å². The predicted octanol–water partition coefficient (Wildman–Crippen LogP) is 2.92. The SMILES string of the molecule is COc1ccccc1S(=O)(=O)N[C@H](C)c1nc(-c2ccc(F)cc2)no1. The third-order valence-corrected chi connectivity index (χ3v) is 5.19. The number of para-hydroxylation sites is 1. The lowest BCUT2D eigenvalue weighted by Crippen LogP contribution is -2.27. The van der Waals surface area contributed by atoms with Gasteiger partial charge in [-0.15, -0.1) is 0 Å². The van der Waals surface area contributed by atoms with E-state index in [1.54, 1.807) is 25.1 Å². The van der Waals surface area contributed by atoms with Crippen LogP contribution in [0.4, 0.5) is 4.39 Å². The van der Waals surface area contributed by atoms with Crippen molar-refractivity contribution in [1.29, 1.82) is 0 Å². The Morgan fingerprint density at radius 3 is 2.54 bits per heavy atom. The molecule has 0 aliphatic carbocycles. The summed E-state index contributed by atoms with van der Waals surface area (Å²) in [7, 11) is -2.47. The minimum Gasteiger partial charge on any atom is -0.495 e. The molecule has 0 saturated heterocycles. The van der Waals surface area contributed by atoms with Crippen LogP contribution >= 0.6 is 0 Å². The maximum atomic E-state index is 13.0. The Bertz CT molecular complexity index is 1000. The van der Waals surface area contributed by atoms with Crippen LogP contribution in [0.2, 0.25) is 0 Å². The molecule has 0 amide bonds. The molecular weight excluding hydrogens is 361 g/mol. The molecule has 1 N–H and O–H groups in total. The molecule has 9 heteroatoms. The highest BCUT2D eigenvalue weighted by molar-refractivity contribution is 7.89. The zero-order valence-electron chi connectivity index (χ0n) is 14.0. The molecule has 2 aromatic carbocycles. The molecular formula is C17H16FN3O4S. The van der Waals surface area contributed by atoms with Gasteiger partial charge in [0, 0.05) is 5.56 Å². The molecule has 0 saturated carbocycles. The Hall–Kier alpha value is -2.78. The molecule has 1 atom stereocenters. The fraction of sp³-hybridized carbons (Fsp3) is 0.176. The molecule has 0 spiro atoms. The maximum Gasteiger partial charge on any atom is 0.244 e. The van der Waals surface area contributed by atoms with Crippen molar-refractivity contribution in [2.24, 2.45) is 0 Å². The highest BCUT2D eigenvalue weighted by atomic mass is 32.2. The number of benzene rings is 2. The number of hydrogen-bond acceptors (Lipinski definition) is 6. The fourth-order valence-corrected chi connectivity index (χ4v) is 3.68. The van der Waals surface area contributed by atoms with Crippen molar-refractivity contribution in [3.8, 4) is 17.1 Å². The van der Waals surface area contributed by atoms with Crippen LogP contribution in [0, 0.1) is 5.82 Å². The molecule has 0 aliphatic rings. The number of hydrogen-bond donors (Lipinski definition) is 1. The molecule has 3 rings (SSSR count). The maximum absolute atomic E-state index is 13.0. The topological polar surface area (TPSA) is 94.3 Å². The van der Waals surface area contributed by atoms with Gasteiger partial charge in [-0.2, -0.15) is 9.71 Å². The number of rotatable bonds is 6. The average molecular weight is 377 g/mol. The number of halogens is 1. The Labute approximate surface area is 149 Å². The summed E-state index contributed by atoms with van der Waals surface area (Å²) in [6.45, 7) is 1.58. The van der Waals surface area contributed by atoms with E-state index >= 15 is 0 Å². The van der Waals surface area contributed by atoms with Gasteiger partial charge < -0.3 is 9.26 Å². The van der Waals surface area contributed by atoms with E-state index in [0.717, 1.165) is 0 Å². The molecule has 1 heterocycles. The van der Waals surface area contributed by atoms with Gasteiger partial charge in [0.2, 0.25) is 21.7 Å². The monoisotopic (exact) mass is 377 g/mol. The molecule has 0 radical (unpaired) electrons. The first-order chi connectivity index (χ1) is 12.4. The van der Waals surface area contributed by atoms with E-state index in [1.807, 2.05) is 0 Å². The lowest BCUT2D eigenvalue weighted by molar-refractivity contribution is 0.353. The number of nitrogens with zero attached hydrogens (tertiary/aromatic N) is 2. The van der Waals surface area contributed by atoms with Crippen molar-refractivity contribution in [3.63, 3.8) is 0 Å². The molecule has 0 unspecified atom stereocenters. The second-order valence-electron chi connectivity index (χ2n) is 5.46. The van der Waals surface area contributed by atoms with Crippen LogP contribution in [-0.2, 0) is 10.0 Å². The van der Waals surface area contributed by atoms with Crippen LogP contribution in [0.5, 0.6) is 5.75 Å². The van der Waals surface area contributed by atoms with E-state index in [2.05, 4.69) is 14.9 Å². The largest absolute Gasteiger partial charge is 0.495 e. The first-order valence-corrected chi connectivity index (χ1v) is 9.14. The first-order valence-electron chi connectivity index (χ1n) is 7.65. The Morgan fingerprint density at radius 1 is 1.15 bits per heavy atom. The average Bonchev–Trinajstić information content (AvgIpc) is 3.12. The molecule has 0 fully saturated rings. The Morgan fingerprint density at radius 2 is 1.85 bits per heavy atom. The molecule has 0 bridgehead atoms. The second-order valence-corrected chi connectivity index (χ2v) is 7.14. The van der Waals surface area contributed by atoms with Gasteiger partial charge in [-0.1, -0.05) is 17.3 Å². The third-order valence-electron chi connectivity index (χ3n) is 3.61. The Balaban J connectivity index is 1.82. The van der Waals surface area contributed by atoms with Crippen molar-refractivity contribution in [1.82, 2.24) is 14.9 Å². The summed E-state index contributed by atoms with van der Waals surface area (Å²) in [6, 6.07) is 11.1. The van der Waals surface area contributed by atoms with Gasteiger partial charge >= 0.3 is 0 Å². The summed E-state index contributed by atoms with van der Waals surface area (Å²) in [6.07, 6.45) is 0. The van der Waals surface area contributed by atoms with E-state index in [1.165, 1.54) is 37.4 Å². The predicted molar refractivity (Wildman–Crippen MR) is 91.4 cm³/mol. The highest BCUT2D eigenvalue weighted by Gasteiger charge is 2.25. The van der Waals surface area contributed by atoms with Gasteiger partial charge in [0.1, 0.15) is 16.5 Å². The van der Waals surface area contributed by atoms with Gasteiger partial charge in [-0.05, 0) is 43.3 Å². The van der Waals surface area contributed by atoms with Crippen LogP contribution in [0.3, 0.4) is 0 Å². The van der Waals surface area contributed by atoms with Crippen molar-refractivity contribution in [2.75, 3.05) is 7.11 Å². The standard InChI is InChI=1S/C17H16FN3O4S/c1-11(21-26(22,23)15-6-4-3-5-14(15)24-2)17-19-16(20-25-17)12-7-9-13(18)10-8-12/h3-11,21H,1-2H3/t11-/m1/s1. The first kappa shape index (κ1) is 18.0. The lowest BCUT2D eigenvalue weighted by atomic mass is 10.2. The summed E-state index contributed by atoms with van der Waals surface area (Å²) in [4.78, 5) is 4.18. The number of nitrogens with one attached hydrogen (secondary N) is 1. The zero-order chi connectivity index (χ0) is 18.7. The van der Waals surface area contributed by atoms with Gasteiger partial charge in [-0.25, -0.2) is 12.8 Å². The minimum absolute atomic E-state index is 0.00706. The molecule has 7 nitrogen and oxygen atoms in total. The lowest BCUT2D eigenvalue weighted by Gasteiger charge is -2.13. The van der Waals surface area contributed by atoms with E-state index in [0.29, 0.717) is 5.56 Å². The van der Waals surface area contributed by atoms with Gasteiger partial charge in [0.05, 0.1) is 13.2 Å². The van der Waals surface area contributed by atoms with Crippen molar-refractivity contribution in [3.05, 3.63) is 60.2 Å². The summed E-state index contributed by atoms with van der Waals surface area (Å²) in [5.74, 6) is 0.172. The van der Waals surface area contributed by atoms with Gasteiger partial charge in [-0.3, -0.25) is 0 Å². The number of aromatic nitrogens is 2. The quantitative estimate of drug-likeness (QED) is 0.710. The van der Waals surface area contributed by atoms with Crippen LogP contribution in [0.15, 0.2) is 57.9 Å². The van der Waals surface area contributed by atoms with Crippen LogP contribution in [-0.4, -0.2) is 25.7 Å². The van der Waals surface area contributed by atoms with E-state index < -0.39 is 16.1 Å². The summed E-state index contributed by atoms with van der Waals surface area (Å²) in [5.41, 5.74) is 0.557. The summed E-state index contributed by atoms with van der Waals surface area (Å²) in [5, 5.41) is 3.81. The molecule has 136 valence electrons. The fourth-order valence-electron chi connectivity index (χ4n) is 2.31. The molecule has 26 heavy (non-hydrogen) atoms. The number of methoxy groups -OCH3 is 1. The van der Waals surface area contributed by atoms with E-state index in [-0.39, 0.29) is 28.2 Å². The molecule has 1 aromatic heterocycles. The third kappa shape index (κ3) is 3.73. The van der Waals surface area contributed by atoms with Crippen LogP contribution in [0.25, 0.3) is 11.4 Å². The molecule has 0 aliphatic heterocycles. The van der Waals surface area contributed by atoms with Crippen molar-refractivity contribution in [2.45, 2.75) is 17.9 Å². The van der Waals surface area contributed by atoms with E-state index in [4.69, 9.17) is 9.26 Å². The Kier molecular flexibility index (Phi) is 5.01. The highest BCUT2D eigenvalue weighted by Crippen LogP contribution is 2.25. The van der Waals surface area contributed by atoms with Crippen molar-refractivity contribution < 1.29 is 22.1 Å². The van der Waals surface area contributed by atoms with Crippen molar-refractivity contribution >= 4 is 10.0 Å². The summed E-state index contributed by atoms with van der Waals surface area (Å²) < 4.78 is 50.9. The smallest absolute Gasteiger partial charge is 0.244 e. The van der Waals surface area contributed by atoms with Crippen LogP contribution < -0.4 is 9.46 Å². The number of ether oxygens (including phenoxy) is 1. The normalized spacial score (nSPS) is 12.7.